The zero-order chi connectivity index (χ0) is 22.7. The topological polar surface area (TPSA) is 94.4 Å². The molecule has 0 radical (unpaired) electrons. The van der Waals surface area contributed by atoms with Crippen LogP contribution in [0.25, 0.3) is 0 Å². The number of amides is 1. The third kappa shape index (κ3) is 4.53. The maximum atomic E-state index is 13.0. The molecule has 4 rings (SSSR count). The molecule has 8 heteroatoms. The Balaban J connectivity index is 1.32. The summed E-state index contributed by atoms with van der Waals surface area (Å²) < 4.78 is 5.19. The molecule has 8 nitrogen and oxygen atoms in total. The number of fused-ring (bicyclic) bond motifs is 2. The van der Waals surface area contributed by atoms with Gasteiger partial charge in [0, 0.05) is 56.6 Å². The molecule has 2 aliphatic rings. The first kappa shape index (κ1) is 22.0. The second-order valence-electron chi connectivity index (χ2n) is 8.71. The molecule has 2 fully saturated rings. The summed E-state index contributed by atoms with van der Waals surface area (Å²) in [6.45, 7) is 6.38. The van der Waals surface area contributed by atoms with E-state index in [1.165, 1.54) is 0 Å². The van der Waals surface area contributed by atoms with Crippen molar-refractivity contribution >= 4 is 11.7 Å². The van der Waals surface area contributed by atoms with E-state index in [4.69, 9.17) is 10.00 Å². The van der Waals surface area contributed by atoms with Gasteiger partial charge in [-0.05, 0) is 43.0 Å². The summed E-state index contributed by atoms with van der Waals surface area (Å²) in [5.74, 6) is 2.17. The number of ether oxygens (including phenoxy) is 1. The largest absolute Gasteiger partial charge is 0.481 e. The van der Waals surface area contributed by atoms with Crippen molar-refractivity contribution < 1.29 is 9.53 Å². The number of pyridine rings is 2. The van der Waals surface area contributed by atoms with Gasteiger partial charge in [-0.25, -0.2) is 9.97 Å². The van der Waals surface area contributed by atoms with Crippen molar-refractivity contribution in [2.45, 2.75) is 44.8 Å². The molecule has 32 heavy (non-hydrogen) atoms. The summed E-state index contributed by atoms with van der Waals surface area (Å²) in [6, 6.07) is 10.4. The lowest BCUT2D eigenvalue weighted by atomic mass is 10.0. The molecule has 2 aromatic heterocycles. The van der Waals surface area contributed by atoms with Crippen molar-refractivity contribution in [1.82, 2.24) is 20.2 Å². The van der Waals surface area contributed by atoms with Gasteiger partial charge in [0.25, 0.3) is 0 Å². The number of aromatic nitrogens is 2. The van der Waals surface area contributed by atoms with Crippen molar-refractivity contribution in [2.24, 2.45) is 5.92 Å². The Morgan fingerprint density at radius 3 is 2.88 bits per heavy atom. The predicted molar refractivity (Wildman–Crippen MR) is 121 cm³/mol. The molecule has 1 N–H and O–H groups in total. The van der Waals surface area contributed by atoms with Gasteiger partial charge in [0.15, 0.2) is 0 Å². The van der Waals surface area contributed by atoms with E-state index in [0.29, 0.717) is 30.3 Å². The molecule has 1 amide bonds. The summed E-state index contributed by atoms with van der Waals surface area (Å²) >= 11 is 0. The highest BCUT2D eigenvalue weighted by Gasteiger charge is 2.45. The molecule has 2 saturated heterocycles. The number of nitrogens with zero attached hydrogens (tertiary/aromatic N) is 5. The number of likely N-dealkylation sites (tertiary alicyclic amines) is 1. The van der Waals surface area contributed by atoms with Gasteiger partial charge in [0.1, 0.15) is 11.9 Å². The highest BCUT2D eigenvalue weighted by Crippen LogP contribution is 2.37. The van der Waals surface area contributed by atoms with Gasteiger partial charge < -0.3 is 19.9 Å². The van der Waals surface area contributed by atoms with Gasteiger partial charge >= 0.3 is 0 Å². The lowest BCUT2D eigenvalue weighted by molar-refractivity contribution is -0.132. The number of piperazine rings is 1. The van der Waals surface area contributed by atoms with Crippen LogP contribution in [-0.4, -0.2) is 59.6 Å². The molecule has 0 spiro atoms. The van der Waals surface area contributed by atoms with Crippen LogP contribution in [0.2, 0.25) is 0 Å². The Morgan fingerprint density at radius 1 is 1.34 bits per heavy atom. The van der Waals surface area contributed by atoms with E-state index in [2.05, 4.69) is 40.1 Å². The van der Waals surface area contributed by atoms with Gasteiger partial charge in [0.05, 0.1) is 18.7 Å². The van der Waals surface area contributed by atoms with E-state index in [9.17, 15) is 4.79 Å². The monoisotopic (exact) mass is 434 g/mol. The van der Waals surface area contributed by atoms with Gasteiger partial charge in [-0.3, -0.25) is 4.79 Å². The minimum atomic E-state index is 0.107. The molecule has 2 bridgehead atoms. The zero-order valence-corrected chi connectivity index (χ0v) is 18.9. The van der Waals surface area contributed by atoms with E-state index in [1.807, 2.05) is 29.2 Å². The van der Waals surface area contributed by atoms with E-state index >= 15 is 0 Å². The van der Waals surface area contributed by atoms with Gasteiger partial charge in [0.2, 0.25) is 11.8 Å². The molecular weight excluding hydrogens is 404 g/mol. The Hall–Kier alpha value is -3.18. The third-order valence-electron chi connectivity index (χ3n) is 6.64. The summed E-state index contributed by atoms with van der Waals surface area (Å²) in [6.07, 6.45) is 4.88. The number of carbonyl (C=O) groups excluding carboxylic acids is 1. The number of anilines is 1. The van der Waals surface area contributed by atoms with Crippen LogP contribution in [0.1, 0.15) is 43.9 Å². The van der Waals surface area contributed by atoms with Crippen LogP contribution >= 0.6 is 0 Å². The first-order valence-electron chi connectivity index (χ1n) is 11.2. The average Bonchev–Trinajstić information content (AvgIpc) is 3.02. The smallest absolute Gasteiger partial charge is 0.223 e. The number of hydrogen-bond acceptors (Lipinski definition) is 7. The number of rotatable bonds is 7. The summed E-state index contributed by atoms with van der Waals surface area (Å²) in [5, 5.41) is 12.5. The second-order valence-corrected chi connectivity index (χ2v) is 8.71. The fraction of sp³-hybridized carbons (Fsp3) is 0.500. The van der Waals surface area contributed by atoms with Gasteiger partial charge in [-0.15, -0.1) is 0 Å². The number of carbonyl (C=O) groups is 1. The Bertz CT molecular complexity index is 989. The number of hydrogen-bond donors (Lipinski definition) is 1. The van der Waals surface area contributed by atoms with Crippen molar-refractivity contribution in [2.75, 3.05) is 31.6 Å². The van der Waals surface area contributed by atoms with Crippen molar-refractivity contribution in [3.63, 3.8) is 0 Å². The van der Waals surface area contributed by atoms with Crippen LogP contribution in [0.4, 0.5) is 5.82 Å². The van der Waals surface area contributed by atoms with Crippen LogP contribution in [-0.2, 0) is 4.79 Å². The lowest BCUT2D eigenvalue weighted by Gasteiger charge is -2.42. The molecule has 4 heterocycles. The molecule has 4 atom stereocenters. The first-order valence-corrected chi connectivity index (χ1v) is 11.2. The maximum Gasteiger partial charge on any atom is 0.223 e. The molecule has 0 aromatic carbocycles. The number of nitrogens with one attached hydrogen (secondary N) is 1. The minimum absolute atomic E-state index is 0.107. The van der Waals surface area contributed by atoms with E-state index in [-0.39, 0.29) is 24.0 Å². The van der Waals surface area contributed by atoms with E-state index in [1.54, 1.807) is 19.5 Å². The van der Waals surface area contributed by atoms with Crippen molar-refractivity contribution in [1.29, 1.82) is 5.26 Å². The number of methoxy groups -OCH3 is 1. The molecular formula is C24H30N6O2. The SMILES string of the molecule is COc1cc([C@@H](C)NCCC(=O)N2CC3C[C@H](C)C(C2)N3c2ccc(C#N)cn2)ccn1. The lowest BCUT2D eigenvalue weighted by Crippen LogP contribution is -2.56. The first-order chi connectivity index (χ1) is 15.5. The second kappa shape index (κ2) is 9.53. The summed E-state index contributed by atoms with van der Waals surface area (Å²) in [5.41, 5.74) is 1.65. The molecule has 0 saturated carbocycles. The molecule has 168 valence electrons. The fourth-order valence-electron chi connectivity index (χ4n) is 4.87. The van der Waals surface area contributed by atoms with E-state index < -0.39 is 0 Å². The number of nitriles is 1. The van der Waals surface area contributed by atoms with E-state index in [0.717, 1.165) is 30.9 Å². The van der Waals surface area contributed by atoms with Crippen LogP contribution in [0.5, 0.6) is 5.88 Å². The molecule has 0 aliphatic carbocycles. The Labute approximate surface area is 189 Å². The normalized spacial score (nSPS) is 23.0. The standard InChI is InChI=1S/C24H30N6O2/c1-16-10-20-14-29(15-21(16)30(20)22-5-4-18(12-25)13-28-22)24(31)7-9-26-17(2)19-6-8-27-23(11-19)32-3/h4-6,8,11,13,16-17,20-21,26H,7,9-10,14-15H2,1-3H3/t16-,17+,20?,21?/m0/s1. The van der Waals surface area contributed by atoms with Crippen LogP contribution < -0.4 is 15.0 Å². The van der Waals surface area contributed by atoms with Crippen molar-refractivity contribution in [3.8, 4) is 11.9 Å². The highest BCUT2D eigenvalue weighted by molar-refractivity contribution is 5.77. The molecule has 2 unspecified atom stereocenters. The maximum absolute atomic E-state index is 13.0. The van der Waals surface area contributed by atoms with Crippen LogP contribution in [0.15, 0.2) is 36.7 Å². The van der Waals surface area contributed by atoms with Gasteiger partial charge in [-0.1, -0.05) is 6.92 Å². The highest BCUT2D eigenvalue weighted by atomic mass is 16.5. The predicted octanol–water partition coefficient (Wildman–Crippen LogP) is 2.52. The fourth-order valence-corrected chi connectivity index (χ4v) is 4.87. The summed E-state index contributed by atoms with van der Waals surface area (Å²) in [7, 11) is 1.61. The average molecular weight is 435 g/mol. The van der Waals surface area contributed by atoms with Crippen molar-refractivity contribution in [3.05, 3.63) is 47.8 Å². The summed E-state index contributed by atoms with van der Waals surface area (Å²) in [4.78, 5) is 26.0. The Kier molecular flexibility index (Phi) is 6.56. The molecule has 2 aliphatic heterocycles. The minimum Gasteiger partial charge on any atom is -0.481 e. The quantitative estimate of drug-likeness (QED) is 0.715. The van der Waals surface area contributed by atoms with Crippen LogP contribution in [0, 0.1) is 17.2 Å². The van der Waals surface area contributed by atoms with Gasteiger partial charge in [-0.2, -0.15) is 5.26 Å². The molecule has 2 aromatic rings. The third-order valence-corrected chi connectivity index (χ3v) is 6.64. The van der Waals surface area contributed by atoms with Crippen LogP contribution in [0.3, 0.4) is 0 Å². The zero-order valence-electron chi connectivity index (χ0n) is 18.9. The Morgan fingerprint density at radius 2 is 2.19 bits per heavy atom.